The molecule has 5 nitrogen and oxygen atoms in total. The van der Waals surface area contributed by atoms with Crippen LogP contribution in [0.5, 0.6) is 0 Å². The molecule has 100 valence electrons. The average Bonchev–Trinajstić information content (AvgIpc) is 2.82. The summed E-state index contributed by atoms with van der Waals surface area (Å²) in [6.07, 6.45) is 2.98. The molecule has 0 aliphatic carbocycles. The molecule has 1 aromatic heterocycles. The van der Waals surface area contributed by atoms with Crippen LogP contribution >= 0.6 is 11.8 Å². The number of furan rings is 1. The van der Waals surface area contributed by atoms with Crippen LogP contribution < -0.4 is 5.32 Å². The Labute approximate surface area is 110 Å². The third-order valence-electron chi connectivity index (χ3n) is 2.45. The van der Waals surface area contributed by atoms with Gasteiger partial charge in [-0.1, -0.05) is 6.92 Å². The van der Waals surface area contributed by atoms with Crippen molar-refractivity contribution in [2.75, 3.05) is 12.0 Å². The van der Waals surface area contributed by atoms with E-state index in [4.69, 9.17) is 9.52 Å². The first-order chi connectivity index (χ1) is 8.58. The number of hydrogen-bond acceptors (Lipinski definition) is 4. The maximum Gasteiger partial charge on any atom is 0.326 e. The zero-order chi connectivity index (χ0) is 13.5. The standard InChI is InChI=1S/C12H17NO4S/c1-3-8-4-5-10(17-8)11(14)13-9(12(15)16)6-7-18-2/h4-5,9H,3,6-7H2,1-2H3,(H,13,14)(H,15,16)/t9-/m0/s1. The molecule has 0 radical (unpaired) electrons. The molecular weight excluding hydrogens is 254 g/mol. The molecule has 18 heavy (non-hydrogen) atoms. The lowest BCUT2D eigenvalue weighted by atomic mass is 10.2. The number of carbonyl (C=O) groups excluding carboxylic acids is 1. The first-order valence-corrected chi connectivity index (χ1v) is 7.09. The summed E-state index contributed by atoms with van der Waals surface area (Å²) in [5.41, 5.74) is 0. The Morgan fingerprint density at radius 1 is 1.50 bits per heavy atom. The number of amides is 1. The van der Waals surface area contributed by atoms with Gasteiger partial charge in [0, 0.05) is 6.42 Å². The molecule has 6 heteroatoms. The topological polar surface area (TPSA) is 79.5 Å². The van der Waals surface area contributed by atoms with Crippen LogP contribution in [0.25, 0.3) is 0 Å². The van der Waals surface area contributed by atoms with Crippen molar-refractivity contribution >= 4 is 23.6 Å². The maximum atomic E-state index is 11.8. The second-order valence-corrected chi connectivity index (χ2v) is 4.75. The molecule has 0 saturated heterocycles. The highest BCUT2D eigenvalue weighted by Gasteiger charge is 2.21. The molecule has 0 saturated carbocycles. The maximum absolute atomic E-state index is 11.8. The lowest BCUT2D eigenvalue weighted by Gasteiger charge is -2.12. The van der Waals surface area contributed by atoms with E-state index in [1.54, 1.807) is 12.1 Å². The van der Waals surface area contributed by atoms with E-state index in [1.807, 2.05) is 13.2 Å². The quantitative estimate of drug-likeness (QED) is 0.790. The van der Waals surface area contributed by atoms with Gasteiger partial charge in [-0.2, -0.15) is 11.8 Å². The summed E-state index contributed by atoms with van der Waals surface area (Å²) < 4.78 is 5.27. The fourth-order valence-electron chi connectivity index (χ4n) is 1.41. The third-order valence-corrected chi connectivity index (χ3v) is 3.09. The summed E-state index contributed by atoms with van der Waals surface area (Å²) >= 11 is 1.54. The van der Waals surface area contributed by atoms with E-state index >= 15 is 0 Å². The van der Waals surface area contributed by atoms with Gasteiger partial charge in [0.2, 0.25) is 0 Å². The molecule has 0 aliphatic rings. The SMILES string of the molecule is CCc1ccc(C(=O)N[C@@H](CCSC)C(=O)O)o1. The van der Waals surface area contributed by atoms with Crippen molar-refractivity contribution in [3.63, 3.8) is 0 Å². The van der Waals surface area contributed by atoms with E-state index in [2.05, 4.69) is 5.32 Å². The summed E-state index contributed by atoms with van der Waals surface area (Å²) in [5, 5.41) is 11.5. The number of aliphatic carboxylic acids is 1. The highest BCUT2D eigenvalue weighted by atomic mass is 32.2. The van der Waals surface area contributed by atoms with Crippen LogP contribution in [0.3, 0.4) is 0 Å². The van der Waals surface area contributed by atoms with Crippen molar-refractivity contribution in [2.24, 2.45) is 0 Å². The minimum Gasteiger partial charge on any atom is -0.480 e. The Balaban J connectivity index is 2.62. The lowest BCUT2D eigenvalue weighted by molar-refractivity contribution is -0.139. The van der Waals surface area contributed by atoms with Crippen LogP contribution in [0, 0.1) is 0 Å². The van der Waals surface area contributed by atoms with Gasteiger partial charge in [-0.25, -0.2) is 4.79 Å². The molecule has 1 rings (SSSR count). The van der Waals surface area contributed by atoms with E-state index in [9.17, 15) is 9.59 Å². The zero-order valence-corrected chi connectivity index (χ0v) is 11.3. The van der Waals surface area contributed by atoms with Crippen molar-refractivity contribution in [3.05, 3.63) is 23.7 Å². The minimum atomic E-state index is -1.03. The molecule has 1 amide bonds. The third kappa shape index (κ3) is 4.10. The van der Waals surface area contributed by atoms with Crippen LogP contribution in [-0.4, -0.2) is 35.0 Å². The Hall–Kier alpha value is -1.43. The van der Waals surface area contributed by atoms with E-state index < -0.39 is 17.9 Å². The van der Waals surface area contributed by atoms with Gasteiger partial charge in [0.1, 0.15) is 11.8 Å². The fourth-order valence-corrected chi connectivity index (χ4v) is 1.88. The summed E-state index contributed by atoms with van der Waals surface area (Å²) in [4.78, 5) is 22.8. The van der Waals surface area contributed by atoms with Crippen LogP contribution in [-0.2, 0) is 11.2 Å². The van der Waals surface area contributed by atoms with Crippen molar-refractivity contribution in [1.29, 1.82) is 0 Å². The largest absolute Gasteiger partial charge is 0.480 e. The van der Waals surface area contributed by atoms with Crippen LogP contribution in [0.4, 0.5) is 0 Å². The smallest absolute Gasteiger partial charge is 0.326 e. The summed E-state index contributed by atoms with van der Waals surface area (Å²) in [6, 6.07) is 2.40. The van der Waals surface area contributed by atoms with Gasteiger partial charge in [0.25, 0.3) is 5.91 Å². The molecule has 0 bridgehead atoms. The molecule has 1 atom stereocenters. The first-order valence-electron chi connectivity index (χ1n) is 5.69. The molecule has 1 aromatic rings. The molecule has 0 aromatic carbocycles. The highest BCUT2D eigenvalue weighted by Crippen LogP contribution is 2.09. The normalized spacial score (nSPS) is 12.1. The highest BCUT2D eigenvalue weighted by molar-refractivity contribution is 7.98. The van der Waals surface area contributed by atoms with Crippen molar-refractivity contribution in [2.45, 2.75) is 25.8 Å². The van der Waals surface area contributed by atoms with Gasteiger partial charge >= 0.3 is 5.97 Å². The number of nitrogens with one attached hydrogen (secondary N) is 1. The zero-order valence-electron chi connectivity index (χ0n) is 10.4. The second kappa shape index (κ2) is 7.10. The van der Waals surface area contributed by atoms with Gasteiger partial charge in [0.05, 0.1) is 0 Å². The Morgan fingerprint density at radius 3 is 2.72 bits per heavy atom. The van der Waals surface area contributed by atoms with Gasteiger partial charge in [-0.15, -0.1) is 0 Å². The van der Waals surface area contributed by atoms with Crippen LogP contribution in [0.1, 0.15) is 29.7 Å². The second-order valence-electron chi connectivity index (χ2n) is 3.77. The number of aryl methyl sites for hydroxylation is 1. The number of carboxylic acids is 1. The first kappa shape index (κ1) is 14.6. The van der Waals surface area contributed by atoms with Crippen LogP contribution in [0.15, 0.2) is 16.5 Å². The van der Waals surface area contributed by atoms with E-state index in [1.165, 1.54) is 11.8 Å². The van der Waals surface area contributed by atoms with E-state index in [-0.39, 0.29) is 5.76 Å². The van der Waals surface area contributed by atoms with Crippen LogP contribution in [0.2, 0.25) is 0 Å². The predicted octanol–water partition coefficient (Wildman–Crippen LogP) is 1.78. The van der Waals surface area contributed by atoms with Gasteiger partial charge in [-0.3, -0.25) is 4.79 Å². The molecule has 2 N–H and O–H groups in total. The molecular formula is C12H17NO4S. The number of carboxylic acid groups (broad SMARTS) is 1. The van der Waals surface area contributed by atoms with Crippen molar-refractivity contribution in [3.8, 4) is 0 Å². The van der Waals surface area contributed by atoms with Crippen molar-refractivity contribution < 1.29 is 19.1 Å². The summed E-state index contributed by atoms with van der Waals surface area (Å²) in [7, 11) is 0. The Kier molecular flexibility index (Phi) is 5.77. The number of rotatable bonds is 7. The minimum absolute atomic E-state index is 0.155. The van der Waals surface area contributed by atoms with E-state index in [0.717, 1.165) is 0 Å². The molecule has 0 unspecified atom stereocenters. The molecule has 0 fully saturated rings. The summed E-state index contributed by atoms with van der Waals surface area (Å²) in [6.45, 7) is 1.92. The Morgan fingerprint density at radius 2 is 2.22 bits per heavy atom. The number of hydrogen-bond donors (Lipinski definition) is 2. The number of carbonyl (C=O) groups is 2. The number of thioether (sulfide) groups is 1. The molecule has 0 aliphatic heterocycles. The monoisotopic (exact) mass is 271 g/mol. The van der Waals surface area contributed by atoms with Crippen molar-refractivity contribution in [1.82, 2.24) is 5.32 Å². The molecule has 0 spiro atoms. The van der Waals surface area contributed by atoms with Gasteiger partial charge in [0.15, 0.2) is 5.76 Å². The van der Waals surface area contributed by atoms with Gasteiger partial charge < -0.3 is 14.8 Å². The fraction of sp³-hybridized carbons (Fsp3) is 0.500. The van der Waals surface area contributed by atoms with Gasteiger partial charge in [-0.05, 0) is 30.6 Å². The molecule has 1 heterocycles. The van der Waals surface area contributed by atoms with E-state index in [0.29, 0.717) is 24.4 Å². The average molecular weight is 271 g/mol. The lowest BCUT2D eigenvalue weighted by Crippen LogP contribution is -2.41. The summed E-state index contributed by atoms with van der Waals surface area (Å²) in [5.74, 6) is 0.0246. The predicted molar refractivity (Wildman–Crippen MR) is 70.0 cm³/mol. The Bertz CT molecular complexity index is 416.